The van der Waals surface area contributed by atoms with Gasteiger partial charge in [-0.1, -0.05) is 27.2 Å². The van der Waals surface area contributed by atoms with Crippen molar-refractivity contribution < 1.29 is 0 Å². The van der Waals surface area contributed by atoms with Crippen LogP contribution in [0.4, 0.5) is 11.8 Å². The van der Waals surface area contributed by atoms with Crippen LogP contribution in [-0.4, -0.2) is 16.0 Å². The molecule has 3 N–H and O–H groups in total. The van der Waals surface area contributed by atoms with Gasteiger partial charge in [0.15, 0.2) is 0 Å². The molecule has 0 fully saturated rings. The molecule has 2 atom stereocenters. The summed E-state index contributed by atoms with van der Waals surface area (Å²) in [6.45, 7) is 8.78. The summed E-state index contributed by atoms with van der Waals surface area (Å²) in [5, 5.41) is 4.58. The second-order valence-corrected chi connectivity index (χ2v) is 6.15. The standard InChI is InChI=1S/C14H22N4S/c1-5-8(3)9(4)16-12-11-7-10(6-2)19-13(11)18-14(15)17-12/h7-9H,5-6H2,1-4H3,(H3,15,16,17,18). The monoisotopic (exact) mass is 278 g/mol. The van der Waals surface area contributed by atoms with E-state index in [0.717, 1.165) is 28.9 Å². The van der Waals surface area contributed by atoms with E-state index in [1.165, 1.54) is 4.88 Å². The maximum Gasteiger partial charge on any atom is 0.223 e. The average Bonchev–Trinajstić information content (AvgIpc) is 2.80. The van der Waals surface area contributed by atoms with Crippen molar-refractivity contribution in [2.75, 3.05) is 11.1 Å². The highest BCUT2D eigenvalue weighted by Crippen LogP contribution is 2.30. The van der Waals surface area contributed by atoms with Crippen molar-refractivity contribution >= 4 is 33.3 Å². The molecule has 0 spiro atoms. The molecule has 0 aromatic carbocycles. The third-order valence-electron chi connectivity index (χ3n) is 3.67. The maximum atomic E-state index is 5.80. The van der Waals surface area contributed by atoms with Crippen LogP contribution in [0.25, 0.3) is 10.2 Å². The molecule has 2 aromatic heterocycles. The molecule has 2 heterocycles. The zero-order valence-electron chi connectivity index (χ0n) is 12.0. The Morgan fingerprint density at radius 1 is 1.32 bits per heavy atom. The van der Waals surface area contributed by atoms with Crippen molar-refractivity contribution in [3.8, 4) is 0 Å². The van der Waals surface area contributed by atoms with Gasteiger partial charge >= 0.3 is 0 Å². The van der Waals surface area contributed by atoms with E-state index in [0.29, 0.717) is 17.9 Å². The van der Waals surface area contributed by atoms with Gasteiger partial charge in [0.25, 0.3) is 0 Å². The molecule has 2 rings (SSSR count). The third kappa shape index (κ3) is 2.97. The molecule has 0 aliphatic carbocycles. The van der Waals surface area contributed by atoms with Gasteiger partial charge in [-0.25, -0.2) is 4.98 Å². The zero-order valence-corrected chi connectivity index (χ0v) is 12.8. The summed E-state index contributed by atoms with van der Waals surface area (Å²) in [5.41, 5.74) is 5.80. The normalized spacial score (nSPS) is 14.5. The lowest BCUT2D eigenvalue weighted by Gasteiger charge is -2.20. The number of hydrogen-bond donors (Lipinski definition) is 2. The molecule has 0 aliphatic rings. The number of rotatable bonds is 5. The lowest BCUT2D eigenvalue weighted by atomic mass is 10.0. The first kappa shape index (κ1) is 14.1. The van der Waals surface area contributed by atoms with E-state index in [-0.39, 0.29) is 0 Å². The van der Waals surface area contributed by atoms with Gasteiger partial charge in [0.05, 0.1) is 5.39 Å². The van der Waals surface area contributed by atoms with Crippen LogP contribution < -0.4 is 11.1 Å². The smallest absolute Gasteiger partial charge is 0.223 e. The van der Waals surface area contributed by atoms with E-state index < -0.39 is 0 Å². The molecular formula is C14H22N4S. The van der Waals surface area contributed by atoms with Gasteiger partial charge in [-0.05, 0) is 25.3 Å². The fourth-order valence-corrected chi connectivity index (χ4v) is 2.96. The zero-order chi connectivity index (χ0) is 14.0. The first-order valence-corrected chi connectivity index (χ1v) is 7.69. The van der Waals surface area contributed by atoms with Gasteiger partial charge in [0, 0.05) is 10.9 Å². The second kappa shape index (κ2) is 5.74. The second-order valence-electron chi connectivity index (χ2n) is 5.03. The Kier molecular flexibility index (Phi) is 4.24. The molecule has 2 aromatic rings. The van der Waals surface area contributed by atoms with Crippen molar-refractivity contribution in [2.24, 2.45) is 5.92 Å². The van der Waals surface area contributed by atoms with Gasteiger partial charge in [-0.3, -0.25) is 0 Å². The SMILES string of the molecule is CCc1cc2c(NC(C)C(C)CC)nc(N)nc2s1. The van der Waals surface area contributed by atoms with Crippen LogP contribution >= 0.6 is 11.3 Å². The molecule has 19 heavy (non-hydrogen) atoms. The fourth-order valence-electron chi connectivity index (χ4n) is 1.98. The van der Waals surface area contributed by atoms with Crippen molar-refractivity contribution in [3.63, 3.8) is 0 Å². The van der Waals surface area contributed by atoms with Crippen LogP contribution in [0.3, 0.4) is 0 Å². The van der Waals surface area contributed by atoms with E-state index in [1.54, 1.807) is 11.3 Å². The molecule has 0 aliphatic heterocycles. The molecule has 104 valence electrons. The number of aryl methyl sites for hydroxylation is 1. The largest absolute Gasteiger partial charge is 0.368 e. The molecular weight excluding hydrogens is 256 g/mol. The van der Waals surface area contributed by atoms with Crippen molar-refractivity contribution in [1.82, 2.24) is 9.97 Å². The summed E-state index contributed by atoms with van der Waals surface area (Å²) in [4.78, 5) is 11.0. The van der Waals surface area contributed by atoms with E-state index in [9.17, 15) is 0 Å². The van der Waals surface area contributed by atoms with E-state index in [1.807, 2.05) is 0 Å². The Bertz CT molecular complexity index is 564. The van der Waals surface area contributed by atoms with Crippen LogP contribution in [0.1, 0.15) is 39.0 Å². The first-order chi connectivity index (χ1) is 9.05. The maximum absolute atomic E-state index is 5.80. The molecule has 0 saturated heterocycles. The van der Waals surface area contributed by atoms with Gasteiger partial charge in [0.1, 0.15) is 10.6 Å². The van der Waals surface area contributed by atoms with E-state index in [4.69, 9.17) is 5.73 Å². The number of fused-ring (bicyclic) bond motifs is 1. The summed E-state index contributed by atoms with van der Waals surface area (Å²) in [5.74, 6) is 1.80. The molecule has 0 bridgehead atoms. The lowest BCUT2D eigenvalue weighted by molar-refractivity contribution is 0.494. The Hall–Kier alpha value is -1.36. The summed E-state index contributed by atoms with van der Waals surface area (Å²) in [7, 11) is 0. The number of anilines is 2. The van der Waals surface area contributed by atoms with Crippen LogP contribution in [0, 0.1) is 5.92 Å². The van der Waals surface area contributed by atoms with Gasteiger partial charge in [-0.2, -0.15) is 4.98 Å². The van der Waals surface area contributed by atoms with Crippen LogP contribution in [0.2, 0.25) is 0 Å². The van der Waals surface area contributed by atoms with Crippen LogP contribution in [0.5, 0.6) is 0 Å². The molecule has 2 unspecified atom stereocenters. The van der Waals surface area contributed by atoms with E-state index >= 15 is 0 Å². The number of thiophene rings is 1. The minimum Gasteiger partial charge on any atom is -0.368 e. The van der Waals surface area contributed by atoms with Gasteiger partial charge in [-0.15, -0.1) is 11.3 Å². The number of aromatic nitrogens is 2. The molecule has 5 heteroatoms. The Balaban J connectivity index is 2.38. The molecule has 0 saturated carbocycles. The summed E-state index contributed by atoms with van der Waals surface area (Å²) < 4.78 is 0. The lowest BCUT2D eigenvalue weighted by Crippen LogP contribution is -2.24. The number of nitrogen functional groups attached to an aromatic ring is 1. The van der Waals surface area contributed by atoms with Crippen molar-refractivity contribution in [3.05, 3.63) is 10.9 Å². The highest BCUT2D eigenvalue weighted by atomic mass is 32.1. The number of hydrogen-bond acceptors (Lipinski definition) is 5. The first-order valence-electron chi connectivity index (χ1n) is 6.87. The van der Waals surface area contributed by atoms with Crippen molar-refractivity contribution in [1.29, 1.82) is 0 Å². The molecule has 0 amide bonds. The fraction of sp³-hybridized carbons (Fsp3) is 0.571. The average molecular weight is 278 g/mol. The van der Waals surface area contributed by atoms with Crippen molar-refractivity contribution in [2.45, 2.75) is 46.6 Å². The molecule has 0 radical (unpaired) electrons. The Morgan fingerprint density at radius 3 is 2.68 bits per heavy atom. The number of nitrogens with zero attached hydrogens (tertiary/aromatic N) is 2. The topological polar surface area (TPSA) is 63.8 Å². The number of nitrogens with one attached hydrogen (secondary N) is 1. The summed E-state index contributed by atoms with van der Waals surface area (Å²) >= 11 is 1.70. The van der Waals surface area contributed by atoms with E-state index in [2.05, 4.69) is 49.0 Å². The Morgan fingerprint density at radius 2 is 2.05 bits per heavy atom. The van der Waals surface area contributed by atoms with Gasteiger partial charge in [0.2, 0.25) is 5.95 Å². The molecule has 4 nitrogen and oxygen atoms in total. The quantitative estimate of drug-likeness (QED) is 0.875. The number of nitrogens with two attached hydrogens (primary N) is 1. The highest BCUT2D eigenvalue weighted by molar-refractivity contribution is 7.18. The minimum absolute atomic E-state index is 0.343. The minimum atomic E-state index is 0.343. The predicted octanol–water partition coefficient (Wildman–Crippen LogP) is 3.68. The van der Waals surface area contributed by atoms with Crippen LogP contribution in [-0.2, 0) is 6.42 Å². The van der Waals surface area contributed by atoms with Crippen LogP contribution in [0.15, 0.2) is 6.07 Å². The predicted molar refractivity (Wildman–Crippen MR) is 83.7 cm³/mol. The summed E-state index contributed by atoms with van der Waals surface area (Å²) in [6.07, 6.45) is 2.16. The third-order valence-corrected chi connectivity index (χ3v) is 4.84. The highest BCUT2D eigenvalue weighted by Gasteiger charge is 2.15. The summed E-state index contributed by atoms with van der Waals surface area (Å²) in [6, 6.07) is 2.54. The Labute approximate surface area is 118 Å². The van der Waals surface area contributed by atoms with Gasteiger partial charge < -0.3 is 11.1 Å².